The van der Waals surface area contributed by atoms with Crippen LogP contribution in [0.3, 0.4) is 0 Å². The van der Waals surface area contributed by atoms with E-state index in [0.717, 1.165) is 27.8 Å². The molecule has 1 aromatic heterocycles. The molecule has 4 aromatic rings. The summed E-state index contributed by atoms with van der Waals surface area (Å²) in [7, 11) is 0. The van der Waals surface area contributed by atoms with Gasteiger partial charge in [-0.05, 0) is 54.3 Å². The summed E-state index contributed by atoms with van der Waals surface area (Å²) in [5, 5.41) is 18.2. The van der Waals surface area contributed by atoms with Gasteiger partial charge in [0.2, 0.25) is 0 Å². The molecule has 1 unspecified atom stereocenters. The van der Waals surface area contributed by atoms with Gasteiger partial charge in [-0.2, -0.15) is 5.10 Å². The van der Waals surface area contributed by atoms with E-state index in [-0.39, 0.29) is 11.7 Å². The lowest BCUT2D eigenvalue weighted by atomic mass is 9.93. The van der Waals surface area contributed by atoms with Gasteiger partial charge >= 0.3 is 0 Å². The Bertz CT molecular complexity index is 1380. The van der Waals surface area contributed by atoms with Gasteiger partial charge in [-0.25, -0.2) is 0 Å². The number of rotatable bonds is 7. The molecule has 0 saturated carbocycles. The molecule has 0 radical (unpaired) electrons. The highest BCUT2D eigenvalue weighted by Gasteiger charge is 2.42. The van der Waals surface area contributed by atoms with Crippen molar-refractivity contribution in [3.05, 3.63) is 113 Å². The molecule has 6 nitrogen and oxygen atoms in total. The summed E-state index contributed by atoms with van der Waals surface area (Å²) in [6.45, 7) is 8.54. The van der Waals surface area contributed by atoms with Gasteiger partial charge in [0.15, 0.2) is 0 Å². The van der Waals surface area contributed by atoms with Crippen molar-refractivity contribution in [3.8, 4) is 22.8 Å². The number of carbonyl (C=O) groups excluding carboxylic acids is 1. The molecule has 1 amide bonds. The zero-order chi connectivity index (χ0) is 24.5. The Kier molecular flexibility index (Phi) is 5.87. The lowest BCUT2D eigenvalue weighted by molar-refractivity contribution is 0.0764. The van der Waals surface area contributed by atoms with Crippen LogP contribution in [0.25, 0.3) is 11.3 Å². The van der Waals surface area contributed by atoms with Crippen LogP contribution >= 0.6 is 0 Å². The standard InChI is InChI=1S/C29H27N3O3/c1-4-13-32-28(21-11-8-12-22(16-21)35-17-20-9-6-5-7-10-20)25-26(30-31-27(25)29(32)34)24-19(3)14-18(2)15-23(24)33/h4-12,14-16,28,33H,1,13,17H2,2-3H3,(H,30,31). The molecule has 2 N–H and O–H groups in total. The SMILES string of the molecule is C=CCN1C(=O)c2[nH]nc(-c3c(C)cc(C)cc3O)c2C1c1cccc(OCc2ccccc2)c1. The number of hydrogen-bond donors (Lipinski definition) is 2. The molecule has 6 heteroatoms. The average Bonchev–Trinajstić information content (AvgIpc) is 3.37. The second-order valence-corrected chi connectivity index (χ2v) is 8.83. The molecular formula is C29H27N3O3. The Labute approximate surface area is 204 Å². The molecule has 3 aromatic carbocycles. The van der Waals surface area contributed by atoms with Crippen LogP contribution in [0, 0.1) is 13.8 Å². The monoisotopic (exact) mass is 465 g/mol. The summed E-state index contributed by atoms with van der Waals surface area (Å²) in [6, 6.07) is 21.1. The maximum Gasteiger partial charge on any atom is 0.273 e. The lowest BCUT2D eigenvalue weighted by Crippen LogP contribution is -2.29. The number of phenolic OH excluding ortho intramolecular Hbond substituents is 1. The minimum atomic E-state index is -0.398. The molecule has 1 aliphatic heterocycles. The van der Waals surface area contributed by atoms with Crippen LogP contribution in [-0.2, 0) is 6.61 Å². The smallest absolute Gasteiger partial charge is 0.273 e. The predicted octanol–water partition coefficient (Wildman–Crippen LogP) is 5.71. The Hall–Kier alpha value is -4.32. The van der Waals surface area contributed by atoms with Crippen LogP contribution < -0.4 is 4.74 Å². The average molecular weight is 466 g/mol. The number of hydrogen-bond acceptors (Lipinski definition) is 4. The molecule has 0 aliphatic carbocycles. The summed E-state index contributed by atoms with van der Waals surface area (Å²) >= 11 is 0. The van der Waals surface area contributed by atoms with Crippen LogP contribution in [0.5, 0.6) is 11.5 Å². The minimum Gasteiger partial charge on any atom is -0.507 e. The summed E-state index contributed by atoms with van der Waals surface area (Å²) in [4.78, 5) is 15.1. The van der Waals surface area contributed by atoms with Crippen molar-refractivity contribution in [2.75, 3.05) is 6.54 Å². The highest BCUT2D eigenvalue weighted by Crippen LogP contribution is 2.45. The first kappa shape index (κ1) is 22.5. The van der Waals surface area contributed by atoms with Crippen LogP contribution in [0.15, 0.2) is 79.4 Å². The summed E-state index contributed by atoms with van der Waals surface area (Å²) in [6.07, 6.45) is 1.72. The Morgan fingerprint density at radius 2 is 1.91 bits per heavy atom. The molecule has 0 spiro atoms. The fraction of sp³-hybridized carbons (Fsp3) is 0.172. The number of aromatic amines is 1. The molecule has 1 aliphatic rings. The Morgan fingerprint density at radius 3 is 2.66 bits per heavy atom. The third-order valence-electron chi connectivity index (χ3n) is 6.31. The first-order valence-electron chi connectivity index (χ1n) is 11.5. The van der Waals surface area contributed by atoms with Crippen molar-refractivity contribution in [2.45, 2.75) is 26.5 Å². The van der Waals surface area contributed by atoms with Gasteiger partial charge in [-0.3, -0.25) is 9.89 Å². The number of fused-ring (bicyclic) bond motifs is 1. The number of H-pyrrole nitrogens is 1. The Balaban J connectivity index is 1.58. The maximum absolute atomic E-state index is 13.3. The van der Waals surface area contributed by atoms with Crippen molar-refractivity contribution in [1.29, 1.82) is 0 Å². The first-order chi connectivity index (χ1) is 17.0. The van der Waals surface area contributed by atoms with Gasteiger partial charge in [0.25, 0.3) is 5.91 Å². The van der Waals surface area contributed by atoms with Gasteiger partial charge in [0.1, 0.15) is 29.5 Å². The summed E-state index contributed by atoms with van der Waals surface area (Å²) < 4.78 is 6.06. The number of aryl methyl sites for hydroxylation is 2. The van der Waals surface area contributed by atoms with Crippen LogP contribution in [0.4, 0.5) is 0 Å². The summed E-state index contributed by atoms with van der Waals surface area (Å²) in [5.41, 5.74) is 6.22. The molecule has 1 atom stereocenters. The van der Waals surface area contributed by atoms with E-state index in [1.807, 2.05) is 74.5 Å². The molecule has 2 heterocycles. The van der Waals surface area contributed by atoms with Gasteiger partial charge in [0, 0.05) is 17.7 Å². The normalized spacial score (nSPS) is 14.7. The molecular weight excluding hydrogens is 438 g/mol. The molecule has 0 fully saturated rings. The second-order valence-electron chi connectivity index (χ2n) is 8.83. The number of ether oxygens (including phenoxy) is 1. The second kappa shape index (κ2) is 9.14. The van der Waals surface area contributed by atoms with E-state index in [0.29, 0.717) is 35.9 Å². The quantitative estimate of drug-likeness (QED) is 0.343. The highest BCUT2D eigenvalue weighted by molar-refractivity contribution is 6.00. The van der Waals surface area contributed by atoms with Gasteiger partial charge in [-0.1, -0.05) is 54.6 Å². The van der Waals surface area contributed by atoms with Gasteiger partial charge < -0.3 is 14.7 Å². The van der Waals surface area contributed by atoms with E-state index in [2.05, 4.69) is 16.8 Å². The van der Waals surface area contributed by atoms with Gasteiger partial charge in [-0.15, -0.1) is 6.58 Å². The van der Waals surface area contributed by atoms with Crippen LogP contribution in [-0.4, -0.2) is 32.7 Å². The molecule has 0 bridgehead atoms. The van der Waals surface area contributed by atoms with E-state index in [1.165, 1.54) is 0 Å². The van der Waals surface area contributed by atoms with Crippen LogP contribution in [0.1, 0.15) is 44.3 Å². The maximum atomic E-state index is 13.3. The lowest BCUT2D eigenvalue weighted by Gasteiger charge is -2.25. The van der Waals surface area contributed by atoms with Crippen molar-refractivity contribution < 1.29 is 14.6 Å². The largest absolute Gasteiger partial charge is 0.507 e. The van der Waals surface area contributed by atoms with E-state index in [1.54, 1.807) is 17.0 Å². The summed E-state index contributed by atoms with van der Waals surface area (Å²) in [5.74, 6) is 0.707. The number of carbonyl (C=O) groups is 1. The van der Waals surface area contributed by atoms with E-state index in [4.69, 9.17) is 4.74 Å². The van der Waals surface area contributed by atoms with Crippen molar-refractivity contribution in [3.63, 3.8) is 0 Å². The number of aromatic hydroxyl groups is 1. The third-order valence-corrected chi connectivity index (χ3v) is 6.31. The number of nitrogens with one attached hydrogen (secondary N) is 1. The fourth-order valence-electron chi connectivity index (χ4n) is 4.83. The number of phenols is 1. The van der Waals surface area contributed by atoms with Crippen molar-refractivity contribution in [2.24, 2.45) is 0 Å². The van der Waals surface area contributed by atoms with Gasteiger partial charge in [0.05, 0.1) is 6.04 Å². The van der Waals surface area contributed by atoms with E-state index < -0.39 is 6.04 Å². The number of aromatic nitrogens is 2. The Morgan fingerprint density at radius 1 is 1.11 bits per heavy atom. The van der Waals surface area contributed by atoms with Crippen molar-refractivity contribution >= 4 is 5.91 Å². The molecule has 35 heavy (non-hydrogen) atoms. The third kappa shape index (κ3) is 4.08. The number of benzene rings is 3. The number of amides is 1. The minimum absolute atomic E-state index is 0.144. The highest BCUT2D eigenvalue weighted by atomic mass is 16.5. The fourth-order valence-corrected chi connectivity index (χ4v) is 4.83. The van der Waals surface area contributed by atoms with E-state index >= 15 is 0 Å². The zero-order valence-electron chi connectivity index (χ0n) is 19.8. The zero-order valence-corrected chi connectivity index (χ0v) is 19.8. The predicted molar refractivity (Wildman–Crippen MR) is 135 cm³/mol. The van der Waals surface area contributed by atoms with E-state index in [9.17, 15) is 9.90 Å². The first-order valence-corrected chi connectivity index (χ1v) is 11.5. The number of nitrogens with zero attached hydrogens (tertiary/aromatic N) is 2. The molecule has 5 rings (SSSR count). The van der Waals surface area contributed by atoms with Crippen molar-refractivity contribution in [1.82, 2.24) is 15.1 Å². The molecule has 0 saturated heterocycles. The van der Waals surface area contributed by atoms with Crippen LogP contribution in [0.2, 0.25) is 0 Å². The topological polar surface area (TPSA) is 78.5 Å². The molecule has 176 valence electrons.